The highest BCUT2D eigenvalue weighted by Crippen LogP contribution is 2.25. The number of benzene rings is 1. The van der Waals surface area contributed by atoms with E-state index in [1.54, 1.807) is 13.0 Å². The lowest BCUT2D eigenvalue weighted by Crippen LogP contribution is -2.45. The molecule has 126 valence electrons. The summed E-state index contributed by atoms with van der Waals surface area (Å²) < 4.78 is 13.1. The van der Waals surface area contributed by atoms with Crippen LogP contribution in [0.25, 0.3) is 0 Å². The minimum absolute atomic E-state index is 0.0532. The van der Waals surface area contributed by atoms with Gasteiger partial charge in [0.1, 0.15) is 5.82 Å². The average Bonchev–Trinajstić information content (AvgIpc) is 2.48. The number of nitrogens with zero attached hydrogens (tertiary/aromatic N) is 1. The molecule has 23 heavy (non-hydrogen) atoms. The summed E-state index contributed by atoms with van der Waals surface area (Å²) in [6.45, 7) is 8.71. The van der Waals surface area contributed by atoms with Crippen molar-refractivity contribution in [3.8, 4) is 0 Å². The van der Waals surface area contributed by atoms with Gasteiger partial charge in [0.15, 0.2) is 0 Å². The summed E-state index contributed by atoms with van der Waals surface area (Å²) in [4.78, 5) is 26.5. The fourth-order valence-corrected chi connectivity index (χ4v) is 2.82. The van der Waals surface area contributed by atoms with Crippen molar-refractivity contribution in [2.24, 2.45) is 11.3 Å². The van der Waals surface area contributed by atoms with Crippen molar-refractivity contribution in [2.45, 2.75) is 40.5 Å². The van der Waals surface area contributed by atoms with Crippen molar-refractivity contribution >= 4 is 17.5 Å². The summed E-state index contributed by atoms with van der Waals surface area (Å²) >= 11 is 0. The third kappa shape index (κ3) is 4.30. The van der Waals surface area contributed by atoms with E-state index in [9.17, 15) is 14.0 Å². The standard InChI is InChI=1S/C18H25FN2O2/c1-12-11-14(19)5-6-15(12)20-16(22)13-7-9-21(10-8-13)17(23)18(2,3)4/h5-6,11,13H,7-10H2,1-4H3,(H,20,22). The van der Waals surface area contributed by atoms with Crippen LogP contribution < -0.4 is 5.32 Å². The second-order valence-electron chi connectivity index (χ2n) is 7.26. The number of amides is 2. The molecule has 0 aliphatic carbocycles. The Morgan fingerprint density at radius 2 is 1.83 bits per heavy atom. The largest absolute Gasteiger partial charge is 0.342 e. The number of hydrogen-bond donors (Lipinski definition) is 1. The van der Waals surface area contributed by atoms with Crippen molar-refractivity contribution in [1.82, 2.24) is 4.90 Å². The predicted octanol–water partition coefficient (Wildman–Crippen LogP) is 3.36. The lowest BCUT2D eigenvalue weighted by atomic mass is 9.90. The second-order valence-corrected chi connectivity index (χ2v) is 7.26. The van der Waals surface area contributed by atoms with Crippen LogP contribution >= 0.6 is 0 Å². The van der Waals surface area contributed by atoms with Crippen LogP contribution in [0.2, 0.25) is 0 Å². The van der Waals surface area contributed by atoms with Crippen LogP contribution in [-0.4, -0.2) is 29.8 Å². The first-order valence-electron chi connectivity index (χ1n) is 8.05. The number of hydrogen-bond acceptors (Lipinski definition) is 2. The Morgan fingerprint density at radius 3 is 2.35 bits per heavy atom. The molecule has 1 fully saturated rings. The number of anilines is 1. The van der Waals surface area contributed by atoms with Gasteiger partial charge in [0.05, 0.1) is 0 Å². The van der Waals surface area contributed by atoms with Gasteiger partial charge in [-0.15, -0.1) is 0 Å². The SMILES string of the molecule is Cc1cc(F)ccc1NC(=O)C1CCN(C(=O)C(C)(C)C)CC1. The summed E-state index contributed by atoms with van der Waals surface area (Å²) in [5, 5.41) is 2.87. The smallest absolute Gasteiger partial charge is 0.227 e. The van der Waals surface area contributed by atoms with Gasteiger partial charge in [-0.3, -0.25) is 9.59 Å². The van der Waals surface area contributed by atoms with Gasteiger partial charge in [0, 0.05) is 30.1 Å². The fourth-order valence-electron chi connectivity index (χ4n) is 2.82. The maximum absolute atomic E-state index is 13.1. The van der Waals surface area contributed by atoms with Crippen LogP contribution in [0.3, 0.4) is 0 Å². The molecule has 0 bridgehead atoms. The van der Waals surface area contributed by atoms with Crippen molar-refractivity contribution < 1.29 is 14.0 Å². The highest BCUT2D eigenvalue weighted by Gasteiger charge is 2.32. The van der Waals surface area contributed by atoms with Gasteiger partial charge < -0.3 is 10.2 Å². The van der Waals surface area contributed by atoms with Crippen LogP contribution in [0.1, 0.15) is 39.2 Å². The normalized spacial score (nSPS) is 16.3. The fraction of sp³-hybridized carbons (Fsp3) is 0.556. The van der Waals surface area contributed by atoms with E-state index >= 15 is 0 Å². The summed E-state index contributed by atoms with van der Waals surface area (Å²) in [5.74, 6) is -0.341. The number of carbonyl (C=O) groups is 2. The van der Waals surface area contributed by atoms with Crippen molar-refractivity contribution in [3.63, 3.8) is 0 Å². The molecule has 0 saturated carbocycles. The first kappa shape index (κ1) is 17.4. The molecular weight excluding hydrogens is 295 g/mol. The highest BCUT2D eigenvalue weighted by molar-refractivity contribution is 5.93. The molecule has 1 aliphatic heterocycles. The van der Waals surface area contributed by atoms with Gasteiger partial charge in [0.25, 0.3) is 0 Å². The number of aryl methyl sites for hydroxylation is 1. The summed E-state index contributed by atoms with van der Waals surface area (Å²) in [6.07, 6.45) is 1.32. The van der Waals surface area contributed by atoms with Crippen LogP contribution in [0.4, 0.5) is 10.1 Å². The summed E-state index contributed by atoms with van der Waals surface area (Å²) in [5.41, 5.74) is 0.962. The van der Waals surface area contributed by atoms with Gasteiger partial charge in [-0.25, -0.2) is 4.39 Å². The number of likely N-dealkylation sites (tertiary alicyclic amines) is 1. The Bertz CT molecular complexity index is 600. The highest BCUT2D eigenvalue weighted by atomic mass is 19.1. The van der Waals surface area contributed by atoms with E-state index in [1.165, 1.54) is 12.1 Å². The Hall–Kier alpha value is -1.91. The van der Waals surface area contributed by atoms with E-state index in [2.05, 4.69) is 5.32 Å². The molecule has 1 N–H and O–H groups in total. The molecular formula is C18H25FN2O2. The monoisotopic (exact) mass is 320 g/mol. The zero-order chi connectivity index (χ0) is 17.2. The van der Waals surface area contributed by atoms with E-state index in [4.69, 9.17) is 0 Å². The van der Waals surface area contributed by atoms with Gasteiger partial charge in [0.2, 0.25) is 11.8 Å². The number of nitrogens with one attached hydrogen (secondary N) is 1. The molecule has 2 rings (SSSR count). The lowest BCUT2D eigenvalue weighted by Gasteiger charge is -2.35. The summed E-state index contributed by atoms with van der Waals surface area (Å²) in [7, 11) is 0. The first-order valence-corrected chi connectivity index (χ1v) is 8.05. The van der Waals surface area contributed by atoms with E-state index in [0.717, 1.165) is 0 Å². The Balaban J connectivity index is 1.92. The minimum atomic E-state index is -0.389. The third-order valence-corrected chi connectivity index (χ3v) is 4.24. The van der Waals surface area contributed by atoms with Crippen molar-refractivity contribution in [3.05, 3.63) is 29.6 Å². The first-order chi connectivity index (χ1) is 10.7. The number of carbonyl (C=O) groups excluding carboxylic acids is 2. The van der Waals surface area contributed by atoms with Crippen LogP contribution in [-0.2, 0) is 9.59 Å². The van der Waals surface area contributed by atoms with Gasteiger partial charge >= 0.3 is 0 Å². The Morgan fingerprint density at radius 1 is 1.22 bits per heavy atom. The molecule has 1 aromatic rings. The van der Waals surface area contributed by atoms with Gasteiger partial charge in [-0.05, 0) is 43.5 Å². The molecule has 0 atom stereocenters. The molecule has 1 aromatic carbocycles. The predicted molar refractivity (Wildman–Crippen MR) is 88.5 cm³/mol. The second kappa shape index (κ2) is 6.69. The Labute approximate surface area is 137 Å². The molecule has 5 heteroatoms. The van der Waals surface area contributed by atoms with E-state index in [0.29, 0.717) is 37.2 Å². The molecule has 2 amide bonds. The minimum Gasteiger partial charge on any atom is -0.342 e. The molecule has 0 radical (unpaired) electrons. The maximum atomic E-state index is 13.1. The van der Waals surface area contributed by atoms with Gasteiger partial charge in [-0.1, -0.05) is 20.8 Å². The van der Waals surface area contributed by atoms with Crippen LogP contribution in [0, 0.1) is 24.1 Å². The van der Waals surface area contributed by atoms with Crippen molar-refractivity contribution in [1.29, 1.82) is 0 Å². The topological polar surface area (TPSA) is 49.4 Å². The molecule has 1 heterocycles. The molecule has 0 aromatic heterocycles. The molecule has 1 saturated heterocycles. The van der Waals surface area contributed by atoms with Crippen molar-refractivity contribution in [2.75, 3.05) is 18.4 Å². The number of halogens is 1. The maximum Gasteiger partial charge on any atom is 0.227 e. The van der Waals surface area contributed by atoms with Crippen LogP contribution in [0.5, 0.6) is 0 Å². The molecule has 4 nitrogen and oxygen atoms in total. The number of piperidine rings is 1. The van der Waals surface area contributed by atoms with Crippen LogP contribution in [0.15, 0.2) is 18.2 Å². The van der Waals surface area contributed by atoms with E-state index in [1.807, 2.05) is 25.7 Å². The Kier molecular flexibility index (Phi) is 5.07. The quantitative estimate of drug-likeness (QED) is 0.908. The average molecular weight is 320 g/mol. The van der Waals surface area contributed by atoms with Gasteiger partial charge in [-0.2, -0.15) is 0 Å². The summed E-state index contributed by atoms with van der Waals surface area (Å²) in [6, 6.07) is 4.33. The third-order valence-electron chi connectivity index (χ3n) is 4.24. The lowest BCUT2D eigenvalue weighted by molar-refractivity contribution is -0.142. The zero-order valence-corrected chi connectivity index (χ0v) is 14.3. The zero-order valence-electron chi connectivity index (χ0n) is 14.3. The molecule has 0 spiro atoms. The number of rotatable bonds is 2. The van der Waals surface area contributed by atoms with E-state index < -0.39 is 0 Å². The molecule has 0 unspecified atom stereocenters. The van der Waals surface area contributed by atoms with E-state index in [-0.39, 0.29) is 29.0 Å². The molecule has 1 aliphatic rings.